The van der Waals surface area contributed by atoms with Crippen LogP contribution in [0.2, 0.25) is 0 Å². The minimum Gasteiger partial charge on any atom is -0.356 e. The molecule has 1 fully saturated rings. The Labute approximate surface area is 63.9 Å². The second-order valence-electron chi connectivity index (χ2n) is 1.45. The summed E-state index contributed by atoms with van der Waals surface area (Å²) in [7, 11) is 0. The van der Waals surface area contributed by atoms with Crippen LogP contribution in [0.3, 0.4) is 0 Å². The summed E-state index contributed by atoms with van der Waals surface area (Å²) in [5, 5.41) is 2.68. The average molecular weight is 179 g/mol. The van der Waals surface area contributed by atoms with E-state index in [9.17, 15) is 4.79 Å². The largest absolute Gasteiger partial charge is 0.356 e. The smallest absolute Gasteiger partial charge is 0.220 e. The predicted molar refractivity (Wildman–Crippen MR) is 40.1 cm³/mol. The van der Waals surface area contributed by atoms with Crippen molar-refractivity contribution in [1.29, 1.82) is 0 Å². The molecule has 1 amide bonds. The predicted octanol–water partition coefficient (Wildman–Crippen LogP) is 0.467. The van der Waals surface area contributed by atoms with Crippen LogP contribution in [0.25, 0.3) is 0 Å². The highest BCUT2D eigenvalue weighted by atomic mass is 32.1. The molecule has 0 saturated carbocycles. The number of amides is 1. The van der Waals surface area contributed by atoms with Crippen molar-refractivity contribution in [3.63, 3.8) is 0 Å². The Morgan fingerprint density at radius 1 is 1.20 bits per heavy atom. The summed E-state index contributed by atoms with van der Waals surface area (Å²) in [4.78, 5) is 10.1. The van der Waals surface area contributed by atoms with Gasteiger partial charge < -0.3 is 5.32 Å². The van der Waals surface area contributed by atoms with E-state index in [0.29, 0.717) is 0 Å². The van der Waals surface area contributed by atoms with Crippen LogP contribution in [-0.4, -0.2) is 12.5 Å². The van der Waals surface area contributed by atoms with Crippen molar-refractivity contribution in [3.05, 3.63) is 0 Å². The lowest BCUT2D eigenvalue weighted by molar-refractivity contribution is -0.119. The van der Waals surface area contributed by atoms with Crippen LogP contribution in [0.5, 0.6) is 0 Å². The number of nitrogens with one attached hydrogen (secondary N) is 1. The second-order valence-corrected chi connectivity index (χ2v) is 1.45. The zero-order valence-electron chi connectivity index (χ0n) is 5.25. The van der Waals surface area contributed by atoms with E-state index in [1.807, 2.05) is 0 Å². The maximum absolute atomic E-state index is 10.1. The van der Waals surface area contributed by atoms with Crippen molar-refractivity contribution in [3.8, 4) is 0 Å². The van der Waals surface area contributed by atoms with Gasteiger partial charge in [-0.25, -0.2) is 0 Å². The van der Waals surface area contributed by atoms with Gasteiger partial charge in [-0.1, -0.05) is 0 Å². The molecule has 0 radical (unpaired) electrons. The first-order valence-corrected chi connectivity index (χ1v) is 2.16. The summed E-state index contributed by atoms with van der Waals surface area (Å²) in [5.74, 6) is 0.204. The Kier molecular flexibility index (Phi) is 25.8. The van der Waals surface area contributed by atoms with Gasteiger partial charge in [-0.3, -0.25) is 18.9 Å². The highest BCUT2D eigenvalue weighted by molar-refractivity contribution is 7.59. The van der Waals surface area contributed by atoms with Crippen LogP contribution in [0.4, 0.5) is 14.1 Å². The minimum atomic E-state index is 0. The lowest BCUT2D eigenvalue weighted by Gasteiger charge is -1.80. The third kappa shape index (κ3) is 7.61. The standard InChI is InChI=1S/C4H7NO.3FH.H2S/c6-4-2-1-3-5-4;;;;/h1-3H2,(H,5,6);3*1H;1H2. The van der Waals surface area contributed by atoms with Crippen LogP contribution in [0, 0.1) is 0 Å². The molecule has 1 saturated heterocycles. The summed E-state index contributed by atoms with van der Waals surface area (Å²) < 4.78 is 0. The lowest BCUT2D eigenvalue weighted by atomic mass is 10.4. The maximum Gasteiger partial charge on any atom is 0.220 e. The molecular formula is C4H12F3NOS. The van der Waals surface area contributed by atoms with Gasteiger partial charge in [0, 0.05) is 13.0 Å². The van der Waals surface area contributed by atoms with Gasteiger partial charge in [0.05, 0.1) is 0 Å². The Hall–Kier alpha value is -0.390. The van der Waals surface area contributed by atoms with E-state index in [2.05, 4.69) is 5.32 Å². The SMILES string of the molecule is F.F.F.O=C1CCCN1.S. The molecule has 0 aromatic heterocycles. The fourth-order valence-corrected chi connectivity index (χ4v) is 0.565. The molecule has 0 unspecified atom stereocenters. The number of carbonyl (C=O) groups excluding carboxylic acids is 1. The molecule has 1 heterocycles. The van der Waals surface area contributed by atoms with Gasteiger partial charge in [-0.05, 0) is 6.42 Å². The summed E-state index contributed by atoms with van der Waals surface area (Å²) >= 11 is 0. The van der Waals surface area contributed by atoms with E-state index in [4.69, 9.17) is 0 Å². The molecule has 1 aliphatic heterocycles. The molecule has 10 heavy (non-hydrogen) atoms. The van der Waals surface area contributed by atoms with Crippen LogP contribution in [0.1, 0.15) is 12.8 Å². The van der Waals surface area contributed by atoms with Crippen LogP contribution in [-0.2, 0) is 4.79 Å². The zero-order valence-corrected chi connectivity index (χ0v) is 6.25. The van der Waals surface area contributed by atoms with Crippen molar-refractivity contribution in [2.45, 2.75) is 12.8 Å². The van der Waals surface area contributed by atoms with Crippen LogP contribution >= 0.6 is 13.5 Å². The fraction of sp³-hybridized carbons (Fsp3) is 0.750. The highest BCUT2D eigenvalue weighted by Gasteiger charge is 2.05. The molecule has 0 spiro atoms. The van der Waals surface area contributed by atoms with Gasteiger partial charge in [-0.15, -0.1) is 0 Å². The number of rotatable bonds is 0. The van der Waals surface area contributed by atoms with E-state index in [0.717, 1.165) is 19.4 Å². The maximum atomic E-state index is 10.1. The van der Waals surface area contributed by atoms with E-state index in [1.54, 1.807) is 0 Å². The van der Waals surface area contributed by atoms with Gasteiger partial charge in [0.2, 0.25) is 5.91 Å². The Morgan fingerprint density at radius 3 is 1.80 bits per heavy atom. The van der Waals surface area contributed by atoms with Crippen molar-refractivity contribution < 1.29 is 18.9 Å². The Balaban J connectivity index is -0.0000000450. The Morgan fingerprint density at radius 2 is 1.70 bits per heavy atom. The molecule has 0 atom stereocenters. The number of carbonyl (C=O) groups is 1. The third-order valence-electron chi connectivity index (χ3n) is 0.903. The first-order valence-electron chi connectivity index (χ1n) is 2.16. The van der Waals surface area contributed by atoms with E-state index in [1.165, 1.54) is 0 Å². The molecule has 1 rings (SSSR count). The molecule has 0 bridgehead atoms. The Bertz CT molecular complexity index is 74.9. The molecule has 2 nitrogen and oxygen atoms in total. The number of hydrogen-bond donors (Lipinski definition) is 1. The van der Waals surface area contributed by atoms with Crippen molar-refractivity contribution in [2.24, 2.45) is 0 Å². The topological polar surface area (TPSA) is 29.1 Å². The highest BCUT2D eigenvalue weighted by Crippen LogP contribution is 1.93. The summed E-state index contributed by atoms with van der Waals surface area (Å²) in [6, 6.07) is 0. The summed E-state index contributed by atoms with van der Waals surface area (Å²) in [6.07, 6.45) is 1.76. The average Bonchev–Trinajstić information content (AvgIpc) is 1.86. The first kappa shape index (κ1) is 22.6. The molecule has 0 aromatic rings. The van der Waals surface area contributed by atoms with E-state index in [-0.39, 0.29) is 33.5 Å². The third-order valence-corrected chi connectivity index (χ3v) is 0.903. The second kappa shape index (κ2) is 11.4. The monoisotopic (exact) mass is 179 g/mol. The van der Waals surface area contributed by atoms with E-state index < -0.39 is 0 Å². The van der Waals surface area contributed by atoms with Gasteiger partial charge in [0.1, 0.15) is 0 Å². The molecule has 66 valence electrons. The van der Waals surface area contributed by atoms with Gasteiger partial charge in [-0.2, -0.15) is 13.5 Å². The van der Waals surface area contributed by atoms with Crippen molar-refractivity contribution in [2.75, 3.05) is 6.54 Å². The van der Waals surface area contributed by atoms with Crippen molar-refractivity contribution in [1.82, 2.24) is 5.32 Å². The van der Waals surface area contributed by atoms with Crippen LogP contribution < -0.4 is 5.32 Å². The lowest BCUT2D eigenvalue weighted by Crippen LogP contribution is -2.12. The van der Waals surface area contributed by atoms with E-state index >= 15 is 0 Å². The molecule has 6 heteroatoms. The number of hydrogen-bond acceptors (Lipinski definition) is 1. The van der Waals surface area contributed by atoms with Crippen LogP contribution in [0.15, 0.2) is 0 Å². The molecule has 1 aliphatic rings. The summed E-state index contributed by atoms with van der Waals surface area (Å²) in [6.45, 7) is 0.888. The van der Waals surface area contributed by atoms with Gasteiger partial charge in [0.15, 0.2) is 0 Å². The van der Waals surface area contributed by atoms with Crippen molar-refractivity contribution >= 4 is 19.4 Å². The zero-order chi connectivity index (χ0) is 4.41. The first-order chi connectivity index (χ1) is 2.89. The number of halogens is 3. The van der Waals surface area contributed by atoms with Gasteiger partial charge in [0.25, 0.3) is 0 Å². The fourth-order valence-electron chi connectivity index (χ4n) is 0.565. The quantitative estimate of drug-likeness (QED) is 0.575. The normalized spacial score (nSPS) is 12.6. The molecule has 1 N–H and O–H groups in total. The minimum absolute atomic E-state index is 0. The summed E-state index contributed by atoms with van der Waals surface area (Å²) in [5.41, 5.74) is 0. The molecule has 0 aliphatic carbocycles. The van der Waals surface area contributed by atoms with Gasteiger partial charge >= 0.3 is 0 Å². The molecular weight excluding hydrogens is 167 g/mol. The molecule has 0 aromatic carbocycles.